The molecule has 1 fully saturated rings. The van der Waals surface area contributed by atoms with E-state index in [1.165, 1.54) is 25.3 Å². The smallest absolute Gasteiger partial charge is 0.316 e. The van der Waals surface area contributed by atoms with Gasteiger partial charge in [0.05, 0.1) is 23.8 Å². The number of carbonyl (C=O) groups excluding carboxylic acids is 1. The number of nitrogens with zero attached hydrogens (tertiary/aromatic N) is 2. The summed E-state index contributed by atoms with van der Waals surface area (Å²) < 4.78 is 6.57. The molecule has 0 bridgehead atoms. The average Bonchev–Trinajstić information content (AvgIpc) is 2.62. The molecule has 134 valence electrons. The number of benzene rings is 1. The lowest BCUT2D eigenvalue weighted by Crippen LogP contribution is -2.35. The molecule has 0 spiro atoms. The topological polar surface area (TPSA) is 61.2 Å². The Bertz CT molecular complexity index is 833. The van der Waals surface area contributed by atoms with Gasteiger partial charge in [-0.1, -0.05) is 50.6 Å². The van der Waals surface area contributed by atoms with Crippen LogP contribution in [0.15, 0.2) is 34.2 Å². The molecule has 0 N–H and O–H groups in total. The van der Waals surface area contributed by atoms with Crippen molar-refractivity contribution in [3.8, 4) is 0 Å². The van der Waals surface area contributed by atoms with E-state index in [2.05, 4.69) is 13.8 Å². The molecule has 1 aliphatic carbocycles. The van der Waals surface area contributed by atoms with Crippen molar-refractivity contribution in [3.05, 3.63) is 34.6 Å². The van der Waals surface area contributed by atoms with Crippen molar-refractivity contribution in [1.82, 2.24) is 9.55 Å². The quantitative estimate of drug-likeness (QED) is 0.473. The van der Waals surface area contributed by atoms with Crippen LogP contribution in [0.5, 0.6) is 0 Å². The second-order valence-corrected chi connectivity index (χ2v) is 7.73. The molecule has 3 rings (SSSR count). The van der Waals surface area contributed by atoms with Gasteiger partial charge in [-0.15, -0.1) is 0 Å². The van der Waals surface area contributed by atoms with Gasteiger partial charge in [0.15, 0.2) is 5.16 Å². The molecule has 0 saturated heterocycles. The van der Waals surface area contributed by atoms with Crippen LogP contribution in [0.4, 0.5) is 0 Å². The average molecular weight is 360 g/mol. The first-order valence-corrected chi connectivity index (χ1v) is 9.72. The predicted octanol–water partition coefficient (Wildman–Crippen LogP) is 3.66. The number of ether oxygens (including phenoxy) is 1. The number of carbonyl (C=O) groups is 1. The molecular weight excluding hydrogens is 336 g/mol. The first-order chi connectivity index (χ1) is 12.0. The molecule has 1 heterocycles. The van der Waals surface area contributed by atoms with E-state index in [9.17, 15) is 9.59 Å². The molecule has 25 heavy (non-hydrogen) atoms. The van der Waals surface area contributed by atoms with Gasteiger partial charge in [0.2, 0.25) is 0 Å². The summed E-state index contributed by atoms with van der Waals surface area (Å²) in [5.74, 6) is 0.796. The van der Waals surface area contributed by atoms with E-state index in [1.807, 2.05) is 28.8 Å². The summed E-state index contributed by atoms with van der Waals surface area (Å²) in [6.07, 6.45) is 3.27. The van der Waals surface area contributed by atoms with E-state index < -0.39 is 0 Å². The number of aromatic nitrogens is 2. The molecule has 0 unspecified atom stereocenters. The lowest BCUT2D eigenvalue weighted by atomic mass is 9.78. The zero-order chi connectivity index (χ0) is 18.0. The first kappa shape index (κ1) is 18.0. The van der Waals surface area contributed by atoms with Crippen LogP contribution in [0.1, 0.15) is 39.2 Å². The third-order valence-electron chi connectivity index (χ3n) is 5.32. The summed E-state index contributed by atoms with van der Waals surface area (Å²) in [5.41, 5.74) is 0.663. The highest BCUT2D eigenvalue weighted by atomic mass is 32.2. The van der Waals surface area contributed by atoms with Crippen molar-refractivity contribution >= 4 is 28.6 Å². The second kappa shape index (κ2) is 7.60. The molecule has 1 aromatic heterocycles. The van der Waals surface area contributed by atoms with Crippen molar-refractivity contribution < 1.29 is 9.53 Å². The number of hydrogen-bond acceptors (Lipinski definition) is 5. The Kier molecular flexibility index (Phi) is 5.47. The van der Waals surface area contributed by atoms with Gasteiger partial charge >= 0.3 is 5.97 Å². The minimum absolute atomic E-state index is 0.0103. The van der Waals surface area contributed by atoms with Crippen molar-refractivity contribution in [2.75, 3.05) is 12.9 Å². The second-order valence-electron chi connectivity index (χ2n) is 6.79. The van der Waals surface area contributed by atoms with E-state index in [0.717, 1.165) is 12.8 Å². The molecule has 0 aliphatic heterocycles. The predicted molar refractivity (Wildman–Crippen MR) is 100.0 cm³/mol. The molecule has 0 amide bonds. The van der Waals surface area contributed by atoms with Crippen molar-refractivity contribution in [3.63, 3.8) is 0 Å². The van der Waals surface area contributed by atoms with Crippen molar-refractivity contribution in [1.29, 1.82) is 0 Å². The van der Waals surface area contributed by atoms with Gasteiger partial charge in [0.25, 0.3) is 5.56 Å². The van der Waals surface area contributed by atoms with Crippen LogP contribution in [0.2, 0.25) is 0 Å². The van der Waals surface area contributed by atoms with Crippen LogP contribution in [-0.2, 0) is 9.53 Å². The summed E-state index contributed by atoms with van der Waals surface area (Å²) >= 11 is 1.28. The van der Waals surface area contributed by atoms with Gasteiger partial charge in [0.1, 0.15) is 0 Å². The molecule has 2 aromatic rings. The van der Waals surface area contributed by atoms with E-state index in [0.29, 0.717) is 27.9 Å². The van der Waals surface area contributed by atoms with Gasteiger partial charge in [-0.25, -0.2) is 4.98 Å². The Labute approximate surface area is 151 Å². The fourth-order valence-corrected chi connectivity index (χ4v) is 4.51. The lowest BCUT2D eigenvalue weighted by Gasteiger charge is -2.36. The zero-order valence-electron chi connectivity index (χ0n) is 14.9. The molecule has 3 atom stereocenters. The normalized spacial score (nSPS) is 23.6. The maximum Gasteiger partial charge on any atom is 0.316 e. The summed E-state index contributed by atoms with van der Waals surface area (Å²) in [5, 5.41) is 1.25. The van der Waals surface area contributed by atoms with E-state index >= 15 is 0 Å². The van der Waals surface area contributed by atoms with Gasteiger partial charge in [0, 0.05) is 6.04 Å². The number of hydrogen-bond donors (Lipinski definition) is 0. The van der Waals surface area contributed by atoms with Gasteiger partial charge in [-0.05, 0) is 30.4 Å². The van der Waals surface area contributed by atoms with E-state index in [4.69, 9.17) is 9.72 Å². The fraction of sp³-hybridized carbons (Fsp3) is 0.526. The van der Waals surface area contributed by atoms with Gasteiger partial charge in [-0.2, -0.15) is 0 Å². The fourth-order valence-electron chi connectivity index (χ4n) is 3.62. The number of fused-ring (bicyclic) bond motifs is 1. The molecular formula is C19H24N2O3S. The Morgan fingerprint density at radius 1 is 1.32 bits per heavy atom. The molecule has 1 aromatic carbocycles. The zero-order valence-corrected chi connectivity index (χ0v) is 15.7. The number of para-hydroxylation sites is 1. The van der Waals surface area contributed by atoms with Gasteiger partial charge < -0.3 is 4.74 Å². The third kappa shape index (κ3) is 3.59. The highest BCUT2D eigenvalue weighted by Gasteiger charge is 2.31. The Hall–Kier alpha value is -1.82. The minimum atomic E-state index is -0.316. The van der Waals surface area contributed by atoms with Crippen molar-refractivity contribution in [2.24, 2.45) is 11.8 Å². The summed E-state index contributed by atoms with van der Waals surface area (Å²) in [6, 6.07) is 7.53. The third-order valence-corrected chi connectivity index (χ3v) is 6.24. The SMILES string of the molecule is COC(=O)CSc1nc2ccccc2c(=O)n1[C@@H]1CCC[C@@H](C)[C@H]1C. The monoisotopic (exact) mass is 360 g/mol. The van der Waals surface area contributed by atoms with E-state index in [1.54, 1.807) is 0 Å². The minimum Gasteiger partial charge on any atom is -0.468 e. The van der Waals surface area contributed by atoms with Crippen LogP contribution < -0.4 is 5.56 Å². The van der Waals surface area contributed by atoms with Gasteiger partial charge in [-0.3, -0.25) is 14.2 Å². The molecule has 6 heteroatoms. The first-order valence-electron chi connectivity index (χ1n) is 8.73. The number of methoxy groups -OCH3 is 1. The number of thioether (sulfide) groups is 1. The molecule has 5 nitrogen and oxygen atoms in total. The maximum absolute atomic E-state index is 13.2. The molecule has 1 aliphatic rings. The highest BCUT2D eigenvalue weighted by Crippen LogP contribution is 2.38. The Morgan fingerprint density at radius 3 is 2.84 bits per heavy atom. The summed E-state index contributed by atoms with van der Waals surface area (Å²) in [4.78, 5) is 29.5. The Balaban J connectivity index is 2.11. The lowest BCUT2D eigenvalue weighted by molar-refractivity contribution is -0.137. The largest absolute Gasteiger partial charge is 0.468 e. The van der Waals surface area contributed by atoms with Crippen molar-refractivity contribution in [2.45, 2.75) is 44.3 Å². The summed E-state index contributed by atoms with van der Waals surface area (Å²) in [6.45, 7) is 4.46. The number of rotatable bonds is 4. The molecule has 1 saturated carbocycles. The van der Waals surface area contributed by atoms with Crippen LogP contribution in [-0.4, -0.2) is 28.4 Å². The van der Waals surface area contributed by atoms with Crippen LogP contribution in [0.25, 0.3) is 10.9 Å². The highest BCUT2D eigenvalue weighted by molar-refractivity contribution is 7.99. The van der Waals surface area contributed by atoms with E-state index in [-0.39, 0.29) is 23.3 Å². The molecule has 0 radical (unpaired) electrons. The maximum atomic E-state index is 13.2. The Morgan fingerprint density at radius 2 is 2.08 bits per heavy atom. The van der Waals surface area contributed by atoms with Crippen LogP contribution >= 0.6 is 11.8 Å². The van der Waals surface area contributed by atoms with Crippen LogP contribution in [0.3, 0.4) is 0 Å². The standard InChI is InChI=1S/C19H24N2O3S/c1-12-7-6-10-16(13(12)2)21-18(23)14-8-4-5-9-15(14)20-19(21)25-11-17(22)24-3/h4-5,8-9,12-13,16H,6-7,10-11H2,1-3H3/t12-,13-,16-/m1/s1. The van der Waals surface area contributed by atoms with Crippen LogP contribution in [0, 0.1) is 11.8 Å². The number of esters is 1. The summed E-state index contributed by atoms with van der Waals surface area (Å²) in [7, 11) is 1.37.